The molecule has 2 aliphatic rings. The molecule has 0 saturated carbocycles. The molecule has 1 unspecified atom stereocenters. The Hall–Kier alpha value is -4.12. The highest BCUT2D eigenvalue weighted by Gasteiger charge is 2.61. The minimum atomic E-state index is -1.76. The number of hydrogen-bond donors (Lipinski definition) is 1. The van der Waals surface area contributed by atoms with Crippen molar-refractivity contribution in [2.24, 2.45) is 5.41 Å². The van der Waals surface area contributed by atoms with Crippen LogP contribution in [0, 0.1) is 29.1 Å². The lowest BCUT2D eigenvalue weighted by Crippen LogP contribution is -2.59. The van der Waals surface area contributed by atoms with E-state index in [9.17, 15) is 5.11 Å². The molecular formula is C35H28O3. The quantitative estimate of drug-likeness (QED) is 0.293. The van der Waals surface area contributed by atoms with Gasteiger partial charge in [-0.05, 0) is 35.4 Å². The van der Waals surface area contributed by atoms with Gasteiger partial charge in [0.25, 0.3) is 0 Å². The lowest BCUT2D eigenvalue weighted by atomic mass is 9.70. The van der Waals surface area contributed by atoms with Crippen molar-refractivity contribution in [1.82, 2.24) is 0 Å². The van der Waals surface area contributed by atoms with E-state index in [0.717, 1.165) is 33.4 Å². The summed E-state index contributed by atoms with van der Waals surface area (Å²) >= 11 is 0. The van der Waals surface area contributed by atoms with Gasteiger partial charge >= 0.3 is 0 Å². The molecule has 1 aliphatic carbocycles. The first kappa shape index (κ1) is 24.2. The zero-order valence-electron chi connectivity index (χ0n) is 21.5. The van der Waals surface area contributed by atoms with Gasteiger partial charge in [0.1, 0.15) is 0 Å². The fourth-order valence-corrected chi connectivity index (χ4v) is 5.12. The Balaban J connectivity index is 1.52. The maximum Gasteiger partial charge on any atom is 0.241 e. The third-order valence-electron chi connectivity index (χ3n) is 7.12. The number of aliphatic hydroxyl groups is 1. The van der Waals surface area contributed by atoms with Crippen LogP contribution in [0.15, 0.2) is 103 Å². The van der Waals surface area contributed by atoms with E-state index in [2.05, 4.69) is 37.5 Å². The van der Waals surface area contributed by atoms with Gasteiger partial charge in [0, 0.05) is 33.2 Å². The summed E-state index contributed by atoms with van der Waals surface area (Å²) in [6.45, 7) is 5.03. The molecule has 1 atom stereocenters. The molecule has 4 aromatic rings. The Labute approximate surface area is 224 Å². The molecule has 0 bridgehead atoms. The van der Waals surface area contributed by atoms with Crippen molar-refractivity contribution >= 4 is 0 Å². The van der Waals surface area contributed by atoms with Gasteiger partial charge in [-0.25, -0.2) is 0 Å². The van der Waals surface area contributed by atoms with Crippen LogP contribution in [0.3, 0.4) is 0 Å². The molecule has 1 saturated heterocycles. The summed E-state index contributed by atoms with van der Waals surface area (Å²) in [7, 11) is 0. The molecule has 186 valence electrons. The zero-order chi connectivity index (χ0) is 26.2. The van der Waals surface area contributed by atoms with Gasteiger partial charge < -0.3 is 14.6 Å². The third-order valence-corrected chi connectivity index (χ3v) is 7.12. The highest BCUT2D eigenvalue weighted by atomic mass is 16.7. The van der Waals surface area contributed by atoms with Crippen molar-refractivity contribution in [3.05, 3.63) is 131 Å². The van der Waals surface area contributed by atoms with Crippen molar-refractivity contribution in [3.63, 3.8) is 0 Å². The third kappa shape index (κ3) is 4.03. The van der Waals surface area contributed by atoms with Gasteiger partial charge in [0.05, 0.1) is 13.2 Å². The fraction of sp³-hybridized carbons (Fsp3) is 0.200. The van der Waals surface area contributed by atoms with Crippen LogP contribution in [0.5, 0.6) is 0 Å². The summed E-state index contributed by atoms with van der Waals surface area (Å²) in [6, 6.07) is 33.4. The average Bonchev–Trinajstić information content (AvgIpc) is 2.96. The van der Waals surface area contributed by atoms with Gasteiger partial charge in [-0.2, -0.15) is 0 Å². The van der Waals surface area contributed by atoms with Gasteiger partial charge in [0.2, 0.25) is 11.4 Å². The summed E-state index contributed by atoms with van der Waals surface area (Å²) in [4.78, 5) is 0. The number of fused-ring (bicyclic) bond motifs is 4. The van der Waals surface area contributed by atoms with Crippen molar-refractivity contribution in [2.75, 3.05) is 13.2 Å². The first-order valence-corrected chi connectivity index (χ1v) is 12.8. The Bertz CT molecular complexity index is 1620. The maximum atomic E-state index is 12.6. The Morgan fingerprint density at radius 1 is 0.605 bits per heavy atom. The molecule has 4 aromatic carbocycles. The zero-order valence-corrected chi connectivity index (χ0v) is 21.5. The molecule has 3 heteroatoms. The van der Waals surface area contributed by atoms with Crippen LogP contribution in [-0.2, 0) is 20.9 Å². The standard InChI is InChI=1S/C35H28O3/c1-33(2)24-37-35(38-25-33)32-19-11-9-17-30(32)29-16-8-10-18-31(29)34(35,36)23-22-28-15-7-6-14-27(28)21-20-26-12-4-3-5-13-26/h3-19,36H,24-25H2,1-2H3. The minimum absolute atomic E-state index is 0.189. The predicted octanol–water partition coefficient (Wildman–Crippen LogP) is 6.23. The lowest BCUT2D eigenvalue weighted by Gasteiger charge is -2.52. The minimum Gasteiger partial charge on any atom is -0.369 e. The molecule has 0 aromatic heterocycles. The van der Waals surface area contributed by atoms with Gasteiger partial charge in [-0.1, -0.05) is 116 Å². The molecule has 3 nitrogen and oxygen atoms in total. The SMILES string of the molecule is CC1(C)COC2(OC1)c1ccccc1-c1ccccc1C2(O)C#Cc1ccccc1C#Cc1ccccc1. The van der Waals surface area contributed by atoms with Gasteiger partial charge in [-0.15, -0.1) is 0 Å². The second kappa shape index (κ2) is 9.32. The molecule has 0 amide bonds. The second-order valence-corrected chi connectivity index (χ2v) is 10.6. The van der Waals surface area contributed by atoms with E-state index in [1.807, 2.05) is 103 Å². The van der Waals surface area contributed by atoms with Crippen LogP contribution in [0.1, 0.15) is 41.7 Å². The Morgan fingerprint density at radius 2 is 1.13 bits per heavy atom. The van der Waals surface area contributed by atoms with E-state index in [1.54, 1.807) is 0 Å². The smallest absolute Gasteiger partial charge is 0.241 e. The molecule has 1 spiro atoms. The number of rotatable bonds is 0. The van der Waals surface area contributed by atoms with Crippen molar-refractivity contribution < 1.29 is 14.6 Å². The second-order valence-electron chi connectivity index (χ2n) is 10.6. The summed E-state index contributed by atoms with van der Waals surface area (Å²) in [5, 5.41) is 12.6. The predicted molar refractivity (Wildman–Crippen MR) is 149 cm³/mol. The highest BCUT2D eigenvalue weighted by Crippen LogP contribution is 2.56. The van der Waals surface area contributed by atoms with Crippen molar-refractivity contribution in [1.29, 1.82) is 0 Å². The molecule has 1 fully saturated rings. The van der Waals surface area contributed by atoms with Crippen LogP contribution in [0.4, 0.5) is 0 Å². The summed E-state index contributed by atoms with van der Waals surface area (Å²) in [6.07, 6.45) is 0. The van der Waals surface area contributed by atoms with E-state index < -0.39 is 11.4 Å². The van der Waals surface area contributed by atoms with Gasteiger partial charge in [0.15, 0.2) is 0 Å². The molecule has 1 N–H and O–H groups in total. The van der Waals surface area contributed by atoms with Crippen LogP contribution in [0.2, 0.25) is 0 Å². The van der Waals surface area contributed by atoms with Gasteiger partial charge in [-0.3, -0.25) is 0 Å². The highest BCUT2D eigenvalue weighted by molar-refractivity contribution is 5.77. The molecule has 1 heterocycles. The normalized spacial score (nSPS) is 20.2. The number of ether oxygens (including phenoxy) is 2. The largest absolute Gasteiger partial charge is 0.369 e. The van der Waals surface area contributed by atoms with E-state index in [-0.39, 0.29) is 5.41 Å². The fourth-order valence-electron chi connectivity index (χ4n) is 5.12. The summed E-state index contributed by atoms with van der Waals surface area (Å²) < 4.78 is 13.1. The van der Waals surface area contributed by atoms with E-state index in [1.165, 1.54) is 0 Å². The Kier molecular flexibility index (Phi) is 5.94. The monoisotopic (exact) mass is 496 g/mol. The maximum absolute atomic E-state index is 12.6. The van der Waals surface area contributed by atoms with Crippen molar-refractivity contribution in [3.8, 4) is 34.8 Å². The number of hydrogen-bond acceptors (Lipinski definition) is 3. The summed E-state index contributed by atoms with van der Waals surface area (Å²) in [5.41, 5.74) is 3.84. The number of benzene rings is 4. The molecule has 0 radical (unpaired) electrons. The molecule has 1 aliphatic heterocycles. The first-order valence-electron chi connectivity index (χ1n) is 12.8. The van der Waals surface area contributed by atoms with E-state index in [0.29, 0.717) is 18.8 Å². The van der Waals surface area contributed by atoms with E-state index >= 15 is 0 Å². The molecular weight excluding hydrogens is 468 g/mol. The van der Waals surface area contributed by atoms with Crippen LogP contribution < -0.4 is 0 Å². The van der Waals surface area contributed by atoms with Crippen LogP contribution >= 0.6 is 0 Å². The van der Waals surface area contributed by atoms with Crippen LogP contribution in [-0.4, -0.2) is 18.3 Å². The first-order chi connectivity index (χ1) is 18.4. The molecule has 6 rings (SSSR count). The average molecular weight is 497 g/mol. The lowest BCUT2D eigenvalue weighted by molar-refractivity contribution is -0.365. The topological polar surface area (TPSA) is 38.7 Å². The molecule has 38 heavy (non-hydrogen) atoms. The van der Waals surface area contributed by atoms with Crippen LogP contribution in [0.25, 0.3) is 11.1 Å². The summed E-state index contributed by atoms with van der Waals surface area (Å²) in [5.74, 6) is 11.5. The van der Waals surface area contributed by atoms with Crippen molar-refractivity contribution in [2.45, 2.75) is 25.2 Å². The Morgan fingerprint density at radius 3 is 1.82 bits per heavy atom. The van der Waals surface area contributed by atoms with E-state index in [4.69, 9.17) is 9.47 Å².